The number of nitrogens with zero attached hydrogens (tertiary/aromatic N) is 3. The summed E-state index contributed by atoms with van der Waals surface area (Å²) >= 11 is 0. The summed E-state index contributed by atoms with van der Waals surface area (Å²) in [6.45, 7) is 0. The topological polar surface area (TPSA) is 65.0 Å². The predicted molar refractivity (Wildman–Crippen MR) is 30.8 cm³/mol. The van der Waals surface area contributed by atoms with Gasteiger partial charge < -0.3 is 4.42 Å². The number of aromatic nitrogens is 3. The smallest absolute Gasteiger partial charge is 0.180 e. The van der Waals surface area contributed by atoms with E-state index in [4.69, 9.17) is 0 Å². The molecule has 0 saturated heterocycles. The first-order valence-electron chi connectivity index (χ1n) is 2.54. The van der Waals surface area contributed by atoms with Crippen LogP contribution >= 0.6 is 0 Å². The van der Waals surface area contributed by atoms with Gasteiger partial charge in [0, 0.05) is 0 Å². The van der Waals surface area contributed by atoms with Crippen molar-refractivity contribution in [3.63, 3.8) is 0 Å². The van der Waals surface area contributed by atoms with Crippen LogP contribution in [-0.2, 0) is 0 Å². The molecular formula is C5H5N3O2. The Morgan fingerprint density at radius 1 is 1.00 bits per heavy atom. The van der Waals surface area contributed by atoms with E-state index in [-0.39, 0.29) is 0 Å². The molecule has 0 bridgehead atoms. The zero-order valence-corrected chi connectivity index (χ0v) is 5.04. The molecule has 2 aromatic heterocycles. The van der Waals surface area contributed by atoms with Crippen LogP contribution in [0.25, 0.3) is 0 Å². The van der Waals surface area contributed by atoms with Crippen molar-refractivity contribution in [2.75, 3.05) is 0 Å². The molecule has 2 rings (SSSR count). The lowest BCUT2D eigenvalue weighted by Crippen LogP contribution is -1.44. The van der Waals surface area contributed by atoms with Crippen LogP contribution in [0.15, 0.2) is 40.3 Å². The summed E-state index contributed by atoms with van der Waals surface area (Å²) in [5.74, 6) is 0. The molecule has 0 fully saturated rings. The highest BCUT2D eigenvalue weighted by atomic mass is 16.6. The van der Waals surface area contributed by atoms with Crippen molar-refractivity contribution >= 4 is 0 Å². The Balaban J connectivity index is 0.0000001000. The molecule has 0 unspecified atom stereocenters. The second-order valence-electron chi connectivity index (χ2n) is 1.27. The van der Waals surface area contributed by atoms with Crippen LogP contribution in [-0.4, -0.2) is 15.3 Å². The average Bonchev–Trinajstić information content (AvgIpc) is 2.67. The molecule has 0 spiro atoms. The van der Waals surface area contributed by atoms with Crippen molar-refractivity contribution in [2.24, 2.45) is 0 Å². The van der Waals surface area contributed by atoms with Crippen LogP contribution in [0.2, 0.25) is 0 Å². The Bertz CT molecular complexity index is 154. The van der Waals surface area contributed by atoms with Crippen molar-refractivity contribution in [3.05, 3.63) is 31.2 Å². The van der Waals surface area contributed by atoms with Crippen molar-refractivity contribution in [3.8, 4) is 0 Å². The van der Waals surface area contributed by atoms with Gasteiger partial charge in [-0.2, -0.15) is 0 Å². The van der Waals surface area contributed by atoms with Crippen LogP contribution in [0.4, 0.5) is 0 Å². The second-order valence-corrected chi connectivity index (χ2v) is 1.27. The van der Waals surface area contributed by atoms with Gasteiger partial charge in [-0.25, -0.2) is 9.61 Å². The maximum absolute atomic E-state index is 4.47. The van der Waals surface area contributed by atoms with Gasteiger partial charge in [0.25, 0.3) is 0 Å². The standard InChI is InChI=1S/C3H3NO.C2H2N2O/c1-2-5-3-4-1;1-2-4-5-3-1/h1-3H;1-2H. The van der Waals surface area contributed by atoms with Crippen LogP contribution in [0, 0.1) is 0 Å². The van der Waals surface area contributed by atoms with Crippen molar-refractivity contribution in [1.29, 1.82) is 0 Å². The molecule has 2 heterocycles. The molecule has 0 amide bonds. The third kappa shape index (κ3) is 2.61. The number of oxazole rings is 1. The molecule has 0 atom stereocenters. The van der Waals surface area contributed by atoms with Crippen LogP contribution in [0.1, 0.15) is 0 Å². The van der Waals surface area contributed by atoms with E-state index in [0.717, 1.165) is 0 Å². The normalized spacial score (nSPS) is 8.00. The maximum Gasteiger partial charge on any atom is 0.180 e. The van der Waals surface area contributed by atoms with Gasteiger partial charge in [0.15, 0.2) is 6.39 Å². The van der Waals surface area contributed by atoms with Crippen LogP contribution in [0.3, 0.4) is 0 Å². The quantitative estimate of drug-likeness (QED) is 0.538. The summed E-state index contributed by atoms with van der Waals surface area (Å²) < 4.78 is 8.56. The van der Waals surface area contributed by atoms with Gasteiger partial charge in [0.05, 0.1) is 18.6 Å². The van der Waals surface area contributed by atoms with Crippen LogP contribution in [0.5, 0.6) is 0 Å². The van der Waals surface area contributed by atoms with E-state index in [1.807, 2.05) is 0 Å². The predicted octanol–water partition coefficient (Wildman–Crippen LogP) is 0.744. The first kappa shape index (κ1) is 6.47. The van der Waals surface area contributed by atoms with E-state index >= 15 is 0 Å². The Morgan fingerprint density at radius 2 is 1.80 bits per heavy atom. The van der Waals surface area contributed by atoms with Gasteiger partial charge in [0.1, 0.15) is 6.26 Å². The number of rotatable bonds is 0. The first-order chi connectivity index (χ1) is 5.00. The zero-order chi connectivity index (χ0) is 7.07. The molecule has 2 aromatic rings. The zero-order valence-electron chi connectivity index (χ0n) is 5.04. The summed E-state index contributed by atoms with van der Waals surface area (Å²) in [5.41, 5.74) is 0. The van der Waals surface area contributed by atoms with E-state index in [1.165, 1.54) is 25.1 Å². The molecule has 0 radical (unpaired) electrons. The van der Waals surface area contributed by atoms with Gasteiger partial charge in [0.2, 0.25) is 0 Å². The van der Waals surface area contributed by atoms with E-state index in [2.05, 4.69) is 24.3 Å². The highest BCUT2D eigenvalue weighted by Crippen LogP contribution is 1.72. The largest absolute Gasteiger partial charge is 0.452 e. The minimum absolute atomic E-state index is 1.38. The molecule has 0 aliphatic carbocycles. The Hall–Kier alpha value is -1.65. The number of hydrogen-bond donors (Lipinski definition) is 0. The van der Waals surface area contributed by atoms with Crippen LogP contribution < -0.4 is 0 Å². The molecule has 0 saturated carbocycles. The molecule has 5 nitrogen and oxygen atoms in total. The summed E-state index contributed by atoms with van der Waals surface area (Å²) in [5, 5.41) is 6.47. The molecule has 0 N–H and O–H groups in total. The average molecular weight is 139 g/mol. The molecule has 5 heteroatoms. The first-order valence-corrected chi connectivity index (χ1v) is 2.54. The second kappa shape index (κ2) is 4.25. The van der Waals surface area contributed by atoms with Gasteiger partial charge in [-0.15, -0.1) is 0 Å². The lowest BCUT2D eigenvalue weighted by molar-refractivity contribution is 0.307. The van der Waals surface area contributed by atoms with E-state index in [1.54, 1.807) is 6.20 Å². The van der Waals surface area contributed by atoms with Gasteiger partial charge >= 0.3 is 0 Å². The minimum Gasteiger partial charge on any atom is -0.452 e. The SMILES string of the molecule is c1cnon1.c1cocn1. The monoisotopic (exact) mass is 139 g/mol. The summed E-state index contributed by atoms with van der Waals surface area (Å²) in [4.78, 5) is 3.56. The van der Waals surface area contributed by atoms with E-state index in [9.17, 15) is 0 Å². The fourth-order valence-electron chi connectivity index (χ4n) is 0.312. The maximum atomic E-state index is 4.47. The highest BCUT2D eigenvalue weighted by Gasteiger charge is 1.61. The highest BCUT2D eigenvalue weighted by molar-refractivity contribution is 4.56. The van der Waals surface area contributed by atoms with Crippen molar-refractivity contribution < 1.29 is 9.05 Å². The summed E-state index contributed by atoms with van der Waals surface area (Å²) in [7, 11) is 0. The molecule has 0 aliphatic heterocycles. The molecule has 52 valence electrons. The Morgan fingerprint density at radius 3 is 2.00 bits per heavy atom. The summed E-state index contributed by atoms with van der Waals surface area (Å²) in [6, 6.07) is 0. The minimum atomic E-state index is 1.38. The van der Waals surface area contributed by atoms with Gasteiger partial charge in [-0.3, -0.25) is 0 Å². The van der Waals surface area contributed by atoms with E-state index in [0.29, 0.717) is 0 Å². The molecule has 0 aromatic carbocycles. The number of hydrogen-bond acceptors (Lipinski definition) is 5. The Labute approximate surface area is 56.6 Å². The van der Waals surface area contributed by atoms with Gasteiger partial charge in [-0.05, 0) is 0 Å². The van der Waals surface area contributed by atoms with Gasteiger partial charge in [-0.1, -0.05) is 10.3 Å². The molecule has 10 heavy (non-hydrogen) atoms. The van der Waals surface area contributed by atoms with Crippen molar-refractivity contribution in [1.82, 2.24) is 15.3 Å². The lowest BCUT2D eigenvalue weighted by Gasteiger charge is -1.47. The lowest BCUT2D eigenvalue weighted by atomic mass is 11.0. The molecule has 0 aliphatic rings. The van der Waals surface area contributed by atoms with E-state index < -0.39 is 0 Å². The fraction of sp³-hybridized carbons (Fsp3) is 0. The molecular weight excluding hydrogens is 134 g/mol. The van der Waals surface area contributed by atoms with Crippen molar-refractivity contribution in [2.45, 2.75) is 0 Å². The third-order valence-electron chi connectivity index (χ3n) is 0.630. The third-order valence-corrected chi connectivity index (χ3v) is 0.630. The fourth-order valence-corrected chi connectivity index (χ4v) is 0.312. The summed E-state index contributed by atoms with van der Waals surface area (Å²) in [6.07, 6.45) is 7.42. The Kier molecular flexibility index (Phi) is 2.75.